The first-order chi connectivity index (χ1) is 16.5. The van der Waals surface area contributed by atoms with Gasteiger partial charge in [0.15, 0.2) is 5.69 Å². The molecule has 0 N–H and O–H groups in total. The molecule has 0 radical (unpaired) electrons. The van der Waals surface area contributed by atoms with Crippen LogP contribution in [0.3, 0.4) is 0 Å². The Hall–Kier alpha value is -3.95. The average molecular weight is 484 g/mol. The van der Waals surface area contributed by atoms with Gasteiger partial charge in [0.2, 0.25) is 5.82 Å². The summed E-state index contributed by atoms with van der Waals surface area (Å²) in [5.41, 5.74) is 1.29. The second-order valence-electron chi connectivity index (χ2n) is 8.64. The zero-order valence-electron chi connectivity index (χ0n) is 19.6. The zero-order chi connectivity index (χ0) is 25.4. The van der Waals surface area contributed by atoms with E-state index in [4.69, 9.17) is 9.26 Å². The Morgan fingerprint density at radius 3 is 2.46 bits per heavy atom. The number of halogens is 3. The highest BCUT2D eigenvalue weighted by Gasteiger charge is 2.48. The normalized spacial score (nSPS) is 12.1. The van der Waals surface area contributed by atoms with Crippen molar-refractivity contribution in [2.45, 2.75) is 38.9 Å². The highest BCUT2D eigenvalue weighted by atomic mass is 19.4. The van der Waals surface area contributed by atoms with Crippen LogP contribution in [-0.4, -0.2) is 39.2 Å². The van der Waals surface area contributed by atoms with Crippen LogP contribution in [0.1, 0.15) is 41.0 Å². The predicted octanol–water partition coefficient (Wildman–Crippen LogP) is 5.58. The van der Waals surface area contributed by atoms with Crippen LogP contribution in [0.15, 0.2) is 59.1 Å². The lowest BCUT2D eigenvalue weighted by atomic mass is 9.83. The second kappa shape index (κ2) is 9.01. The number of hydrogen-bond donors (Lipinski definition) is 0. The third-order valence-electron chi connectivity index (χ3n) is 5.88. The molecule has 2 heterocycles. The van der Waals surface area contributed by atoms with E-state index >= 15 is 0 Å². The molecule has 0 spiro atoms. The number of benzene rings is 2. The standard InChI is InChI=1S/C25H23F3N4O3/c1-15-12-20(30-32(15)14-16-6-5-7-18(13-16)23(33)34-4)22-29-21(31-35-22)17-8-10-19(11-9-17)24(2,3)25(26,27)28/h5-13H,14H2,1-4H3. The maximum Gasteiger partial charge on any atom is 0.397 e. The summed E-state index contributed by atoms with van der Waals surface area (Å²) < 4.78 is 51.8. The van der Waals surface area contributed by atoms with Gasteiger partial charge in [-0.2, -0.15) is 23.3 Å². The number of ether oxygens (including phenoxy) is 1. The molecule has 0 saturated carbocycles. The summed E-state index contributed by atoms with van der Waals surface area (Å²) in [4.78, 5) is 16.1. The third-order valence-corrected chi connectivity index (χ3v) is 5.88. The SMILES string of the molecule is COC(=O)c1cccc(Cn2nc(-c3nc(-c4ccc(C(C)(C)C(F)(F)F)cc4)no3)cc2C)c1. The number of esters is 1. The largest absolute Gasteiger partial charge is 0.465 e. The van der Waals surface area contributed by atoms with E-state index in [0.29, 0.717) is 23.4 Å². The van der Waals surface area contributed by atoms with Gasteiger partial charge in [0.1, 0.15) is 0 Å². The topological polar surface area (TPSA) is 83.0 Å². The van der Waals surface area contributed by atoms with E-state index in [0.717, 1.165) is 25.1 Å². The molecule has 0 fully saturated rings. The van der Waals surface area contributed by atoms with Gasteiger partial charge >= 0.3 is 12.1 Å². The van der Waals surface area contributed by atoms with Crippen molar-refractivity contribution >= 4 is 5.97 Å². The Morgan fingerprint density at radius 1 is 1.09 bits per heavy atom. The van der Waals surface area contributed by atoms with Gasteiger partial charge in [-0.05, 0) is 50.1 Å². The molecule has 0 aliphatic rings. The molecular formula is C25H23F3N4O3. The van der Waals surface area contributed by atoms with Crippen molar-refractivity contribution in [3.8, 4) is 23.0 Å². The van der Waals surface area contributed by atoms with E-state index in [1.165, 1.54) is 31.4 Å². The molecule has 0 amide bonds. The van der Waals surface area contributed by atoms with Gasteiger partial charge < -0.3 is 9.26 Å². The summed E-state index contributed by atoms with van der Waals surface area (Å²) in [6.07, 6.45) is -4.37. The molecule has 0 aliphatic heterocycles. The van der Waals surface area contributed by atoms with Crippen LogP contribution in [-0.2, 0) is 16.7 Å². The van der Waals surface area contributed by atoms with Gasteiger partial charge in [0.25, 0.3) is 5.89 Å². The first kappa shape index (κ1) is 24.2. The highest BCUT2D eigenvalue weighted by molar-refractivity contribution is 5.89. The first-order valence-corrected chi connectivity index (χ1v) is 10.7. The quantitative estimate of drug-likeness (QED) is 0.332. The van der Waals surface area contributed by atoms with E-state index in [1.54, 1.807) is 28.9 Å². The maximum absolute atomic E-state index is 13.3. The summed E-state index contributed by atoms with van der Waals surface area (Å²) in [6, 6.07) is 14.8. The minimum atomic E-state index is -4.37. The number of aryl methyl sites for hydroxylation is 1. The molecule has 35 heavy (non-hydrogen) atoms. The average Bonchev–Trinajstić information content (AvgIpc) is 3.45. The van der Waals surface area contributed by atoms with Crippen LogP contribution in [0, 0.1) is 6.92 Å². The lowest BCUT2D eigenvalue weighted by Crippen LogP contribution is -2.36. The lowest BCUT2D eigenvalue weighted by Gasteiger charge is -2.28. The van der Waals surface area contributed by atoms with Gasteiger partial charge in [-0.3, -0.25) is 4.68 Å². The van der Waals surface area contributed by atoms with Crippen molar-refractivity contribution in [2.24, 2.45) is 0 Å². The molecule has 182 valence electrons. The van der Waals surface area contributed by atoms with E-state index in [2.05, 4.69) is 15.2 Å². The molecule has 4 rings (SSSR count). The van der Waals surface area contributed by atoms with Crippen molar-refractivity contribution in [1.29, 1.82) is 0 Å². The number of methoxy groups -OCH3 is 1. The Kier molecular flexibility index (Phi) is 6.23. The van der Waals surface area contributed by atoms with Crippen molar-refractivity contribution < 1.29 is 27.2 Å². The third kappa shape index (κ3) is 4.82. The fourth-order valence-electron chi connectivity index (χ4n) is 3.51. The van der Waals surface area contributed by atoms with Gasteiger partial charge in [-0.25, -0.2) is 4.79 Å². The van der Waals surface area contributed by atoms with Crippen LogP contribution < -0.4 is 0 Å². The van der Waals surface area contributed by atoms with Crippen molar-refractivity contribution in [1.82, 2.24) is 19.9 Å². The molecule has 4 aromatic rings. The van der Waals surface area contributed by atoms with Crippen molar-refractivity contribution in [3.05, 3.63) is 77.0 Å². The number of nitrogens with zero attached hydrogens (tertiary/aromatic N) is 4. The summed E-state index contributed by atoms with van der Waals surface area (Å²) >= 11 is 0. The van der Waals surface area contributed by atoms with E-state index < -0.39 is 17.6 Å². The summed E-state index contributed by atoms with van der Waals surface area (Å²) in [5.74, 6) is 0.0114. The summed E-state index contributed by atoms with van der Waals surface area (Å²) in [7, 11) is 1.33. The molecule has 2 aromatic carbocycles. The lowest BCUT2D eigenvalue weighted by molar-refractivity contribution is -0.180. The maximum atomic E-state index is 13.3. The molecule has 0 aliphatic carbocycles. The zero-order valence-corrected chi connectivity index (χ0v) is 19.6. The molecule has 0 saturated heterocycles. The van der Waals surface area contributed by atoms with Gasteiger partial charge in [0, 0.05) is 11.3 Å². The van der Waals surface area contributed by atoms with Crippen LogP contribution in [0.5, 0.6) is 0 Å². The van der Waals surface area contributed by atoms with E-state index in [9.17, 15) is 18.0 Å². The Labute approximate surface area is 199 Å². The first-order valence-electron chi connectivity index (χ1n) is 10.7. The molecule has 0 atom stereocenters. The minimum Gasteiger partial charge on any atom is -0.465 e. The Balaban J connectivity index is 1.54. The number of carbonyl (C=O) groups excluding carboxylic acids is 1. The molecule has 10 heteroatoms. The van der Waals surface area contributed by atoms with Gasteiger partial charge in [-0.1, -0.05) is 41.6 Å². The van der Waals surface area contributed by atoms with Crippen molar-refractivity contribution in [2.75, 3.05) is 7.11 Å². The molecule has 0 bridgehead atoms. The Morgan fingerprint density at radius 2 is 1.80 bits per heavy atom. The van der Waals surface area contributed by atoms with Crippen LogP contribution in [0.25, 0.3) is 23.0 Å². The smallest absolute Gasteiger partial charge is 0.397 e. The van der Waals surface area contributed by atoms with E-state index in [-0.39, 0.29) is 17.3 Å². The molecule has 7 nitrogen and oxygen atoms in total. The monoisotopic (exact) mass is 484 g/mol. The molecule has 0 unspecified atom stereocenters. The Bertz CT molecular complexity index is 1360. The number of alkyl halides is 3. The van der Waals surface area contributed by atoms with Gasteiger partial charge in [0.05, 0.1) is 24.6 Å². The van der Waals surface area contributed by atoms with Crippen LogP contribution in [0.4, 0.5) is 13.2 Å². The second-order valence-corrected chi connectivity index (χ2v) is 8.64. The fraction of sp³-hybridized carbons (Fsp3) is 0.280. The van der Waals surface area contributed by atoms with Crippen LogP contribution >= 0.6 is 0 Å². The molecular weight excluding hydrogens is 461 g/mol. The fourth-order valence-corrected chi connectivity index (χ4v) is 3.51. The minimum absolute atomic E-state index is 0.142. The predicted molar refractivity (Wildman–Crippen MR) is 122 cm³/mol. The van der Waals surface area contributed by atoms with Crippen molar-refractivity contribution in [3.63, 3.8) is 0 Å². The number of carbonyl (C=O) groups is 1. The molecule has 2 aromatic heterocycles. The van der Waals surface area contributed by atoms with E-state index in [1.807, 2.05) is 13.0 Å². The number of hydrogen-bond acceptors (Lipinski definition) is 6. The summed E-state index contributed by atoms with van der Waals surface area (Å²) in [6.45, 7) is 4.56. The highest BCUT2D eigenvalue weighted by Crippen LogP contribution is 2.40. The summed E-state index contributed by atoms with van der Waals surface area (Å²) in [5, 5.41) is 8.49. The number of rotatable bonds is 6. The number of aromatic nitrogens is 4. The van der Waals surface area contributed by atoms with Crippen LogP contribution in [0.2, 0.25) is 0 Å². The van der Waals surface area contributed by atoms with Gasteiger partial charge in [-0.15, -0.1) is 0 Å².